The lowest BCUT2D eigenvalue weighted by Crippen LogP contribution is -2.44. The normalized spacial score (nSPS) is 13.6. The topological polar surface area (TPSA) is 66.9 Å². The van der Waals surface area contributed by atoms with Gasteiger partial charge in [0.15, 0.2) is 0 Å². The minimum atomic E-state index is -0.293. The van der Waals surface area contributed by atoms with Crippen LogP contribution < -0.4 is 14.8 Å². The van der Waals surface area contributed by atoms with Gasteiger partial charge in [0.25, 0.3) is 0 Å². The molecule has 0 unspecified atom stereocenters. The molecule has 10 heteroatoms. The molecule has 0 bridgehead atoms. The monoisotopic (exact) mass is 694 g/mol. The Balaban J connectivity index is 0.977. The van der Waals surface area contributed by atoms with Gasteiger partial charge in [-0.15, -0.1) is 0 Å². The van der Waals surface area contributed by atoms with Crippen LogP contribution in [0.3, 0.4) is 0 Å². The molecule has 1 saturated heterocycles. The molecule has 1 fully saturated rings. The second-order valence-corrected chi connectivity index (χ2v) is 12.4. The molecule has 1 aliphatic heterocycles. The van der Waals surface area contributed by atoms with Crippen molar-refractivity contribution in [1.82, 2.24) is 14.8 Å². The minimum absolute atomic E-state index is 0.237. The Morgan fingerprint density at radius 3 is 2.16 bits per heavy atom. The first-order valence-corrected chi connectivity index (χ1v) is 16.8. The number of pyridine rings is 1. The number of halogens is 3. The van der Waals surface area contributed by atoms with E-state index < -0.39 is 0 Å². The molecular formula is C40H37ClF2N4O3. The smallest absolute Gasteiger partial charge is 0.219 e. The summed E-state index contributed by atoms with van der Waals surface area (Å²) >= 11 is 6.65. The lowest BCUT2D eigenvalue weighted by molar-refractivity contribution is -0.104. The zero-order valence-corrected chi connectivity index (χ0v) is 28.2. The van der Waals surface area contributed by atoms with Crippen LogP contribution in [0.2, 0.25) is 5.02 Å². The van der Waals surface area contributed by atoms with Gasteiger partial charge in [0.2, 0.25) is 5.88 Å². The summed E-state index contributed by atoms with van der Waals surface area (Å²) < 4.78 is 37.9. The number of carbonyl (C=O) groups excluding carboxylic acids is 1. The summed E-state index contributed by atoms with van der Waals surface area (Å²) in [6.07, 6.45) is 4.82. The van der Waals surface area contributed by atoms with Gasteiger partial charge in [0, 0.05) is 62.8 Å². The number of aromatic nitrogens is 1. The van der Waals surface area contributed by atoms with E-state index in [0.717, 1.165) is 74.5 Å². The highest BCUT2D eigenvalue weighted by atomic mass is 35.5. The van der Waals surface area contributed by atoms with Crippen LogP contribution in [0.1, 0.15) is 22.3 Å². The molecule has 1 aliphatic rings. The lowest BCUT2D eigenvalue weighted by atomic mass is 10.1. The molecule has 1 N–H and O–H groups in total. The summed E-state index contributed by atoms with van der Waals surface area (Å²) in [7, 11) is 0. The Morgan fingerprint density at radius 2 is 1.50 bits per heavy atom. The van der Waals surface area contributed by atoms with Gasteiger partial charge in [-0.1, -0.05) is 48.0 Å². The maximum absolute atomic E-state index is 13.1. The molecule has 0 aliphatic carbocycles. The van der Waals surface area contributed by atoms with Gasteiger partial charge < -0.3 is 19.7 Å². The van der Waals surface area contributed by atoms with E-state index in [1.54, 1.807) is 60.8 Å². The fourth-order valence-corrected chi connectivity index (χ4v) is 5.92. The van der Waals surface area contributed by atoms with Gasteiger partial charge in [-0.3, -0.25) is 9.69 Å². The number of nitrogens with one attached hydrogen (secondary N) is 1. The van der Waals surface area contributed by atoms with Crippen LogP contribution in [0.25, 0.3) is 5.70 Å². The molecule has 7 nitrogen and oxygen atoms in total. The highest BCUT2D eigenvalue weighted by molar-refractivity contribution is 6.32. The van der Waals surface area contributed by atoms with Gasteiger partial charge in [-0.05, 0) is 89.3 Å². The molecule has 256 valence electrons. The number of ether oxygens (including phenoxy) is 2. The Labute approximate surface area is 295 Å². The van der Waals surface area contributed by atoms with Crippen molar-refractivity contribution in [3.8, 4) is 17.4 Å². The number of aldehydes is 1. The fraction of sp³-hybridized carbons (Fsp3) is 0.200. The van der Waals surface area contributed by atoms with Crippen LogP contribution in [-0.4, -0.2) is 53.8 Å². The van der Waals surface area contributed by atoms with Crippen molar-refractivity contribution >= 4 is 29.3 Å². The molecule has 6 rings (SSSR count). The average molecular weight is 695 g/mol. The van der Waals surface area contributed by atoms with E-state index in [2.05, 4.69) is 44.4 Å². The predicted molar refractivity (Wildman–Crippen MR) is 192 cm³/mol. The highest BCUT2D eigenvalue weighted by Gasteiger charge is 2.21. The van der Waals surface area contributed by atoms with Crippen molar-refractivity contribution in [2.45, 2.75) is 19.6 Å². The van der Waals surface area contributed by atoms with E-state index in [1.807, 2.05) is 6.07 Å². The molecule has 0 atom stereocenters. The first-order chi connectivity index (χ1) is 24.4. The van der Waals surface area contributed by atoms with E-state index in [0.29, 0.717) is 22.4 Å². The number of nitrogens with zero attached hydrogens (tertiary/aromatic N) is 3. The molecule has 0 amide bonds. The van der Waals surface area contributed by atoms with Crippen molar-refractivity contribution < 1.29 is 23.0 Å². The second kappa shape index (κ2) is 16.9. The Bertz CT molecular complexity index is 1880. The third-order valence-electron chi connectivity index (χ3n) is 8.43. The SMILES string of the molecule is O=C/C=C(\c1ccc(Oc2ccc(OCc3ccc(F)cc3)cn2)c(Cl)c1)N1CCN(Cc2ccc(CCNc3ccc(F)cc3)cc2)CC1. The van der Waals surface area contributed by atoms with Crippen molar-refractivity contribution in [3.63, 3.8) is 0 Å². The fourth-order valence-electron chi connectivity index (χ4n) is 5.70. The Morgan fingerprint density at radius 1 is 0.820 bits per heavy atom. The molecule has 2 heterocycles. The van der Waals surface area contributed by atoms with Gasteiger partial charge in [0.05, 0.1) is 11.2 Å². The number of piperazine rings is 1. The van der Waals surface area contributed by atoms with Crippen molar-refractivity contribution in [2.24, 2.45) is 0 Å². The Kier molecular flexibility index (Phi) is 11.7. The van der Waals surface area contributed by atoms with E-state index in [1.165, 1.54) is 35.4 Å². The maximum Gasteiger partial charge on any atom is 0.219 e. The first kappa shape index (κ1) is 34.6. The quantitative estimate of drug-likeness (QED) is 0.0925. The summed E-state index contributed by atoms with van der Waals surface area (Å²) in [5.74, 6) is 0.807. The molecule has 4 aromatic carbocycles. The number of hydrogen-bond donors (Lipinski definition) is 1. The average Bonchev–Trinajstić information content (AvgIpc) is 3.14. The number of allylic oxidation sites excluding steroid dienone is 1. The summed E-state index contributed by atoms with van der Waals surface area (Å²) in [4.78, 5) is 20.6. The number of hydrogen-bond acceptors (Lipinski definition) is 7. The molecule has 0 radical (unpaired) electrons. The van der Waals surface area contributed by atoms with Crippen LogP contribution in [0, 0.1) is 11.6 Å². The minimum Gasteiger partial charge on any atom is -0.487 e. The lowest BCUT2D eigenvalue weighted by Gasteiger charge is -2.37. The molecule has 0 spiro atoms. The molecule has 50 heavy (non-hydrogen) atoms. The zero-order valence-electron chi connectivity index (χ0n) is 27.4. The summed E-state index contributed by atoms with van der Waals surface area (Å²) in [6, 6.07) is 30.1. The van der Waals surface area contributed by atoms with Gasteiger partial charge in [0.1, 0.15) is 36.0 Å². The largest absolute Gasteiger partial charge is 0.487 e. The zero-order chi connectivity index (χ0) is 34.7. The first-order valence-electron chi connectivity index (χ1n) is 16.4. The third kappa shape index (κ3) is 9.68. The van der Waals surface area contributed by atoms with Crippen molar-refractivity contribution in [1.29, 1.82) is 0 Å². The van der Waals surface area contributed by atoms with Gasteiger partial charge in [-0.25, -0.2) is 13.8 Å². The van der Waals surface area contributed by atoms with E-state index in [4.69, 9.17) is 21.1 Å². The highest BCUT2D eigenvalue weighted by Crippen LogP contribution is 2.33. The van der Waals surface area contributed by atoms with Crippen LogP contribution in [0.4, 0.5) is 14.5 Å². The van der Waals surface area contributed by atoms with Crippen LogP contribution in [0.15, 0.2) is 115 Å². The summed E-state index contributed by atoms with van der Waals surface area (Å²) in [6.45, 7) is 5.14. The van der Waals surface area contributed by atoms with Crippen LogP contribution in [-0.2, 0) is 24.4 Å². The van der Waals surface area contributed by atoms with Crippen LogP contribution in [0.5, 0.6) is 17.4 Å². The number of carbonyl (C=O) groups is 1. The van der Waals surface area contributed by atoms with E-state index >= 15 is 0 Å². The molecule has 1 aromatic heterocycles. The maximum atomic E-state index is 13.1. The van der Waals surface area contributed by atoms with Crippen molar-refractivity contribution in [2.75, 3.05) is 38.0 Å². The predicted octanol–water partition coefficient (Wildman–Crippen LogP) is 8.40. The molecule has 0 saturated carbocycles. The van der Waals surface area contributed by atoms with Gasteiger partial charge >= 0.3 is 0 Å². The Hall–Kier alpha value is -5.25. The number of rotatable bonds is 14. The van der Waals surface area contributed by atoms with Gasteiger partial charge in [-0.2, -0.15) is 0 Å². The van der Waals surface area contributed by atoms with E-state index in [9.17, 15) is 13.6 Å². The number of anilines is 1. The summed E-state index contributed by atoms with van der Waals surface area (Å²) in [5, 5.41) is 3.72. The molecule has 5 aromatic rings. The van der Waals surface area contributed by atoms with Crippen molar-refractivity contribution in [3.05, 3.63) is 154 Å². The summed E-state index contributed by atoms with van der Waals surface area (Å²) in [5.41, 5.74) is 5.88. The van der Waals surface area contributed by atoms with Crippen LogP contribution >= 0.6 is 11.6 Å². The van der Waals surface area contributed by atoms with E-state index in [-0.39, 0.29) is 18.2 Å². The second-order valence-electron chi connectivity index (χ2n) is 11.9. The number of benzene rings is 4. The molecular weight excluding hydrogens is 658 g/mol. The standard InChI is InChI=1S/C40H37ClF2N4O3/c41-37-25-32(7-15-39(37)50-40-16-14-36(26-45-40)49-28-31-5-8-33(42)9-6-31)38(18-24-48)47-22-20-46(21-23-47)27-30-3-1-29(2-4-30)17-19-44-35-12-10-34(43)11-13-35/h1-16,18,24-26,44H,17,19-23,27-28H2/b38-18+. The third-order valence-corrected chi connectivity index (χ3v) is 8.72.